The van der Waals surface area contributed by atoms with Crippen molar-refractivity contribution in [1.29, 1.82) is 0 Å². The Hall–Kier alpha value is -2.79. The van der Waals surface area contributed by atoms with Gasteiger partial charge in [0.05, 0.1) is 10.9 Å². The van der Waals surface area contributed by atoms with Crippen LogP contribution < -0.4 is 5.32 Å². The first kappa shape index (κ1) is 19.0. The van der Waals surface area contributed by atoms with Crippen molar-refractivity contribution in [2.75, 3.05) is 26.2 Å². The first-order valence-electron chi connectivity index (χ1n) is 9.55. The summed E-state index contributed by atoms with van der Waals surface area (Å²) in [7, 11) is 0. The summed E-state index contributed by atoms with van der Waals surface area (Å²) in [5.41, 5.74) is 2.88. The van der Waals surface area contributed by atoms with Gasteiger partial charge in [-0.1, -0.05) is 56.3 Å². The fourth-order valence-electron chi connectivity index (χ4n) is 3.39. The van der Waals surface area contributed by atoms with Gasteiger partial charge in [-0.25, -0.2) is 0 Å². The molecule has 3 rings (SSSR count). The van der Waals surface area contributed by atoms with Crippen LogP contribution in [-0.4, -0.2) is 47.1 Å². The van der Waals surface area contributed by atoms with Gasteiger partial charge in [-0.05, 0) is 43.2 Å². The van der Waals surface area contributed by atoms with Crippen LogP contribution in [0.3, 0.4) is 0 Å². The SMILES string of the molecule is CCN(CC)CCCNC(=O)c1[nH]c2cccc(-c3ccccc3)c2c1O. The van der Waals surface area contributed by atoms with E-state index in [-0.39, 0.29) is 17.4 Å². The van der Waals surface area contributed by atoms with Gasteiger partial charge in [0.1, 0.15) is 5.69 Å². The summed E-state index contributed by atoms with van der Waals surface area (Å²) in [6, 6.07) is 15.6. The van der Waals surface area contributed by atoms with Crippen molar-refractivity contribution in [3.05, 3.63) is 54.2 Å². The number of H-pyrrole nitrogens is 1. The van der Waals surface area contributed by atoms with E-state index in [1.54, 1.807) is 0 Å². The van der Waals surface area contributed by atoms with Crippen molar-refractivity contribution in [1.82, 2.24) is 15.2 Å². The normalized spacial score (nSPS) is 11.2. The number of fused-ring (bicyclic) bond motifs is 1. The highest BCUT2D eigenvalue weighted by atomic mass is 16.3. The summed E-state index contributed by atoms with van der Waals surface area (Å²) in [6.07, 6.45) is 0.879. The number of nitrogens with zero attached hydrogens (tertiary/aromatic N) is 1. The number of aromatic hydroxyl groups is 1. The van der Waals surface area contributed by atoms with Gasteiger partial charge in [0.25, 0.3) is 5.91 Å². The molecule has 0 aliphatic rings. The molecule has 0 aliphatic heterocycles. The topological polar surface area (TPSA) is 68.4 Å². The van der Waals surface area contributed by atoms with E-state index >= 15 is 0 Å². The van der Waals surface area contributed by atoms with Crippen LogP contribution in [0, 0.1) is 0 Å². The molecule has 27 heavy (non-hydrogen) atoms. The van der Waals surface area contributed by atoms with Crippen LogP contribution >= 0.6 is 0 Å². The maximum atomic E-state index is 12.6. The van der Waals surface area contributed by atoms with Crippen molar-refractivity contribution in [3.8, 4) is 16.9 Å². The number of aromatic nitrogens is 1. The lowest BCUT2D eigenvalue weighted by Crippen LogP contribution is -2.30. The Kier molecular flexibility index (Phi) is 6.14. The standard InChI is InChI=1S/C22H27N3O2/c1-3-25(4-2)15-9-14-23-22(27)20-21(26)19-17(12-8-13-18(19)24-20)16-10-6-5-7-11-16/h5-8,10-13,24,26H,3-4,9,14-15H2,1-2H3,(H,23,27). The summed E-state index contributed by atoms with van der Waals surface area (Å²) in [6.45, 7) is 7.81. The number of amides is 1. The van der Waals surface area contributed by atoms with Crippen molar-refractivity contribution in [2.45, 2.75) is 20.3 Å². The summed E-state index contributed by atoms with van der Waals surface area (Å²) in [5.74, 6) is -0.270. The average molecular weight is 365 g/mol. The predicted octanol–water partition coefficient (Wildman–Crippen LogP) is 4.00. The van der Waals surface area contributed by atoms with E-state index in [1.807, 2.05) is 48.5 Å². The number of rotatable bonds is 8. The smallest absolute Gasteiger partial charge is 0.271 e. The van der Waals surface area contributed by atoms with Crippen LogP contribution in [-0.2, 0) is 0 Å². The number of carbonyl (C=O) groups excluding carboxylic acids is 1. The highest BCUT2D eigenvalue weighted by Gasteiger charge is 2.19. The number of nitrogens with one attached hydrogen (secondary N) is 2. The highest BCUT2D eigenvalue weighted by molar-refractivity contribution is 6.08. The molecule has 3 aromatic rings. The number of carbonyl (C=O) groups is 1. The van der Waals surface area contributed by atoms with E-state index in [4.69, 9.17) is 0 Å². The van der Waals surface area contributed by atoms with Crippen molar-refractivity contribution >= 4 is 16.8 Å². The second kappa shape index (κ2) is 8.73. The lowest BCUT2D eigenvalue weighted by atomic mass is 10.0. The molecule has 3 N–H and O–H groups in total. The van der Waals surface area contributed by atoms with E-state index in [9.17, 15) is 9.90 Å². The Morgan fingerprint density at radius 2 is 1.81 bits per heavy atom. The second-order valence-corrected chi connectivity index (χ2v) is 6.58. The van der Waals surface area contributed by atoms with Crippen LogP contribution in [0.25, 0.3) is 22.0 Å². The number of hydrogen-bond donors (Lipinski definition) is 3. The van der Waals surface area contributed by atoms with E-state index in [1.165, 1.54) is 0 Å². The highest BCUT2D eigenvalue weighted by Crippen LogP contribution is 2.37. The maximum Gasteiger partial charge on any atom is 0.271 e. The number of benzene rings is 2. The largest absolute Gasteiger partial charge is 0.505 e. The van der Waals surface area contributed by atoms with Gasteiger partial charge in [-0.3, -0.25) is 4.79 Å². The van der Waals surface area contributed by atoms with Crippen molar-refractivity contribution in [2.24, 2.45) is 0 Å². The third-order valence-corrected chi connectivity index (χ3v) is 4.94. The second-order valence-electron chi connectivity index (χ2n) is 6.58. The molecule has 1 heterocycles. The summed E-state index contributed by atoms with van der Waals surface area (Å²) in [5, 5.41) is 14.3. The van der Waals surface area contributed by atoms with Crippen LogP contribution in [0.15, 0.2) is 48.5 Å². The van der Waals surface area contributed by atoms with Crippen molar-refractivity contribution < 1.29 is 9.90 Å². The molecule has 1 aromatic heterocycles. The molecule has 2 aromatic carbocycles. The molecule has 0 saturated heterocycles. The molecule has 142 valence electrons. The zero-order chi connectivity index (χ0) is 19.2. The molecule has 1 amide bonds. The molecule has 0 unspecified atom stereocenters. The Labute approximate surface area is 160 Å². The van der Waals surface area contributed by atoms with Crippen LogP contribution in [0.5, 0.6) is 5.75 Å². The average Bonchev–Trinajstić information content (AvgIpc) is 3.05. The van der Waals surface area contributed by atoms with Crippen LogP contribution in [0.1, 0.15) is 30.8 Å². The molecule has 0 saturated carbocycles. The lowest BCUT2D eigenvalue weighted by molar-refractivity contribution is 0.0945. The molecule has 5 heteroatoms. The molecule has 5 nitrogen and oxygen atoms in total. The Morgan fingerprint density at radius 1 is 1.07 bits per heavy atom. The van der Waals surface area contributed by atoms with E-state index < -0.39 is 0 Å². The molecule has 0 bridgehead atoms. The van der Waals surface area contributed by atoms with Gasteiger partial charge in [0.2, 0.25) is 0 Å². The fraction of sp³-hybridized carbons (Fsp3) is 0.318. The zero-order valence-electron chi connectivity index (χ0n) is 16.0. The van der Waals surface area contributed by atoms with Crippen LogP contribution in [0.4, 0.5) is 0 Å². The fourth-order valence-corrected chi connectivity index (χ4v) is 3.39. The van der Waals surface area contributed by atoms with Crippen molar-refractivity contribution in [3.63, 3.8) is 0 Å². The first-order valence-corrected chi connectivity index (χ1v) is 9.55. The quantitative estimate of drug-likeness (QED) is 0.529. The van der Waals surface area contributed by atoms with Gasteiger partial charge in [0.15, 0.2) is 5.75 Å². The van der Waals surface area contributed by atoms with Crippen LogP contribution in [0.2, 0.25) is 0 Å². The Morgan fingerprint density at radius 3 is 2.52 bits per heavy atom. The molecule has 0 atom stereocenters. The molecular weight excluding hydrogens is 338 g/mol. The van der Waals surface area contributed by atoms with Gasteiger partial charge in [-0.2, -0.15) is 0 Å². The number of hydrogen-bond acceptors (Lipinski definition) is 3. The van der Waals surface area contributed by atoms with E-state index in [0.29, 0.717) is 11.9 Å². The maximum absolute atomic E-state index is 12.6. The zero-order valence-corrected chi connectivity index (χ0v) is 16.0. The molecular formula is C22H27N3O2. The first-order chi connectivity index (χ1) is 13.2. The minimum absolute atomic E-state index is 0.00527. The lowest BCUT2D eigenvalue weighted by Gasteiger charge is -2.17. The molecule has 0 aliphatic carbocycles. The Balaban J connectivity index is 1.78. The minimum atomic E-state index is -0.276. The van der Waals surface area contributed by atoms with E-state index in [0.717, 1.165) is 42.7 Å². The summed E-state index contributed by atoms with van der Waals surface area (Å²) >= 11 is 0. The predicted molar refractivity (Wildman–Crippen MR) is 110 cm³/mol. The Bertz CT molecular complexity index is 899. The van der Waals surface area contributed by atoms with E-state index in [2.05, 4.69) is 29.0 Å². The number of aromatic amines is 1. The van der Waals surface area contributed by atoms with Gasteiger partial charge < -0.3 is 20.3 Å². The summed E-state index contributed by atoms with van der Waals surface area (Å²) in [4.78, 5) is 17.9. The third-order valence-electron chi connectivity index (χ3n) is 4.94. The molecule has 0 radical (unpaired) electrons. The summed E-state index contributed by atoms with van der Waals surface area (Å²) < 4.78 is 0. The monoisotopic (exact) mass is 365 g/mol. The molecule has 0 fully saturated rings. The third kappa shape index (κ3) is 4.14. The van der Waals surface area contributed by atoms with Gasteiger partial charge in [0, 0.05) is 6.54 Å². The van der Waals surface area contributed by atoms with Gasteiger partial charge in [-0.15, -0.1) is 0 Å². The molecule has 0 spiro atoms. The minimum Gasteiger partial charge on any atom is -0.505 e. The van der Waals surface area contributed by atoms with Gasteiger partial charge >= 0.3 is 0 Å².